The highest BCUT2D eigenvalue weighted by atomic mass is 79.9. The molecule has 130 valence electrons. The number of rotatable bonds is 2. The summed E-state index contributed by atoms with van der Waals surface area (Å²) in [5.41, 5.74) is 0.188. The van der Waals surface area contributed by atoms with Crippen LogP contribution in [0.4, 0.5) is 13.2 Å². The van der Waals surface area contributed by atoms with Gasteiger partial charge in [0.05, 0.1) is 6.33 Å². The first-order valence-electron chi connectivity index (χ1n) is 6.67. The van der Waals surface area contributed by atoms with Gasteiger partial charge >= 0.3 is 12.1 Å². The minimum absolute atomic E-state index is 0.000272. The van der Waals surface area contributed by atoms with Gasteiger partial charge in [0, 0.05) is 24.8 Å². The Hall–Kier alpha value is -1.42. The SMILES string of the molecule is CC1(C)CC(Cn2cncc(Br)c2=O)CN1.O=C(O)C(F)(F)F. The monoisotopic (exact) mass is 399 g/mol. The van der Waals surface area contributed by atoms with E-state index in [-0.39, 0.29) is 11.1 Å². The van der Waals surface area contributed by atoms with Crippen LogP contribution in [0.1, 0.15) is 20.3 Å². The summed E-state index contributed by atoms with van der Waals surface area (Å²) >= 11 is 3.21. The van der Waals surface area contributed by atoms with Crippen molar-refractivity contribution in [1.29, 1.82) is 0 Å². The molecule has 10 heteroatoms. The van der Waals surface area contributed by atoms with E-state index in [1.165, 1.54) is 6.20 Å². The number of nitrogens with zero attached hydrogens (tertiary/aromatic N) is 2. The van der Waals surface area contributed by atoms with Crippen LogP contribution < -0.4 is 10.9 Å². The third-order valence-corrected chi connectivity index (χ3v) is 3.77. The molecule has 1 aliphatic rings. The lowest BCUT2D eigenvalue weighted by Gasteiger charge is -2.17. The molecule has 0 amide bonds. The van der Waals surface area contributed by atoms with Crippen molar-refractivity contribution in [3.05, 3.63) is 27.4 Å². The molecule has 1 fully saturated rings. The topological polar surface area (TPSA) is 84.2 Å². The van der Waals surface area contributed by atoms with Gasteiger partial charge < -0.3 is 10.4 Å². The van der Waals surface area contributed by atoms with E-state index < -0.39 is 12.1 Å². The first-order chi connectivity index (χ1) is 10.4. The summed E-state index contributed by atoms with van der Waals surface area (Å²) in [5, 5.41) is 10.6. The first-order valence-corrected chi connectivity index (χ1v) is 7.47. The average molecular weight is 400 g/mol. The highest BCUT2D eigenvalue weighted by Crippen LogP contribution is 2.24. The highest BCUT2D eigenvalue weighted by Gasteiger charge is 2.38. The molecule has 1 unspecified atom stereocenters. The third-order valence-electron chi connectivity index (χ3n) is 3.22. The van der Waals surface area contributed by atoms with Crippen molar-refractivity contribution >= 4 is 21.9 Å². The number of aromatic nitrogens is 2. The summed E-state index contributed by atoms with van der Waals surface area (Å²) in [6.07, 6.45) is -0.847. The molecule has 6 nitrogen and oxygen atoms in total. The summed E-state index contributed by atoms with van der Waals surface area (Å²) < 4.78 is 33.9. The largest absolute Gasteiger partial charge is 0.490 e. The second-order valence-electron chi connectivity index (χ2n) is 5.84. The van der Waals surface area contributed by atoms with Crippen LogP contribution in [-0.4, -0.2) is 38.9 Å². The number of aliphatic carboxylic acids is 1. The van der Waals surface area contributed by atoms with Crippen molar-refractivity contribution in [3.8, 4) is 0 Å². The van der Waals surface area contributed by atoms with Gasteiger partial charge in [-0.15, -0.1) is 0 Å². The average Bonchev–Trinajstić information content (AvgIpc) is 2.74. The molecule has 1 atom stereocenters. The normalized spacial score (nSPS) is 19.8. The third kappa shape index (κ3) is 6.30. The Bertz CT molecular complexity index is 616. The number of hydrogen-bond acceptors (Lipinski definition) is 4. The molecule has 0 radical (unpaired) electrons. The molecule has 1 saturated heterocycles. The van der Waals surface area contributed by atoms with E-state index in [0.29, 0.717) is 10.4 Å². The second kappa shape index (κ2) is 7.43. The van der Waals surface area contributed by atoms with Crippen LogP contribution in [0.3, 0.4) is 0 Å². The molecule has 1 aliphatic heterocycles. The second-order valence-corrected chi connectivity index (χ2v) is 6.69. The first kappa shape index (κ1) is 19.6. The van der Waals surface area contributed by atoms with E-state index in [1.807, 2.05) is 0 Å². The summed E-state index contributed by atoms with van der Waals surface area (Å²) in [5.74, 6) is -2.25. The van der Waals surface area contributed by atoms with Crippen molar-refractivity contribution in [3.63, 3.8) is 0 Å². The fourth-order valence-corrected chi connectivity index (χ4v) is 2.59. The smallest absolute Gasteiger partial charge is 0.475 e. The van der Waals surface area contributed by atoms with Crippen LogP contribution in [0.2, 0.25) is 0 Å². The van der Waals surface area contributed by atoms with Crippen LogP contribution in [0.5, 0.6) is 0 Å². The molecule has 0 saturated carbocycles. The van der Waals surface area contributed by atoms with Gasteiger partial charge in [-0.1, -0.05) is 0 Å². The number of carboxylic acid groups (broad SMARTS) is 1. The van der Waals surface area contributed by atoms with E-state index in [4.69, 9.17) is 9.90 Å². The summed E-state index contributed by atoms with van der Waals surface area (Å²) in [6.45, 7) is 6.08. The van der Waals surface area contributed by atoms with Crippen molar-refractivity contribution in [1.82, 2.24) is 14.9 Å². The van der Waals surface area contributed by atoms with Crippen LogP contribution >= 0.6 is 15.9 Å². The number of hydrogen-bond donors (Lipinski definition) is 2. The molecular formula is C13H17BrF3N3O3. The Labute approximate surface area is 138 Å². The lowest BCUT2D eigenvalue weighted by Crippen LogP contribution is -2.31. The van der Waals surface area contributed by atoms with Crippen LogP contribution in [0, 0.1) is 5.92 Å². The molecule has 23 heavy (non-hydrogen) atoms. The predicted molar refractivity (Wildman–Crippen MR) is 80.1 cm³/mol. The molecule has 2 rings (SSSR count). The number of alkyl halides is 3. The van der Waals surface area contributed by atoms with Crippen LogP contribution in [-0.2, 0) is 11.3 Å². The zero-order valence-corrected chi connectivity index (χ0v) is 14.1. The number of halogens is 4. The Kier molecular flexibility index (Phi) is 6.34. The van der Waals surface area contributed by atoms with Gasteiger partial charge in [0.2, 0.25) is 0 Å². The summed E-state index contributed by atoms with van der Waals surface area (Å²) in [6, 6.07) is 0. The van der Waals surface area contributed by atoms with Gasteiger partial charge in [0.1, 0.15) is 4.47 Å². The zero-order chi connectivity index (χ0) is 17.8. The maximum Gasteiger partial charge on any atom is 0.490 e. The van der Waals surface area contributed by atoms with E-state index in [2.05, 4.69) is 40.1 Å². The van der Waals surface area contributed by atoms with Crippen molar-refractivity contribution in [2.75, 3.05) is 6.54 Å². The lowest BCUT2D eigenvalue weighted by molar-refractivity contribution is -0.192. The zero-order valence-electron chi connectivity index (χ0n) is 12.5. The summed E-state index contributed by atoms with van der Waals surface area (Å²) in [4.78, 5) is 24.7. The maximum atomic E-state index is 11.8. The summed E-state index contributed by atoms with van der Waals surface area (Å²) in [7, 11) is 0. The Morgan fingerprint density at radius 2 is 2.13 bits per heavy atom. The van der Waals surface area contributed by atoms with Gasteiger partial charge in [-0.25, -0.2) is 9.78 Å². The van der Waals surface area contributed by atoms with Crippen LogP contribution in [0.25, 0.3) is 0 Å². The van der Waals surface area contributed by atoms with E-state index in [1.54, 1.807) is 10.9 Å². The highest BCUT2D eigenvalue weighted by molar-refractivity contribution is 9.10. The van der Waals surface area contributed by atoms with Gasteiger partial charge in [-0.3, -0.25) is 9.36 Å². The standard InChI is InChI=1S/C11H16BrN3O.C2HF3O2/c1-11(2)3-8(4-14-11)6-15-7-13-5-9(12)10(15)16;3-2(4,5)1(6)7/h5,7-8,14H,3-4,6H2,1-2H3;(H,6,7). The fourth-order valence-electron chi connectivity index (χ4n) is 2.25. The number of carboxylic acids is 1. The van der Waals surface area contributed by atoms with Gasteiger partial charge in [-0.05, 0) is 42.1 Å². The molecule has 2 N–H and O–H groups in total. The molecule has 0 aromatic carbocycles. The quantitative estimate of drug-likeness (QED) is 0.794. The van der Waals surface area contributed by atoms with Gasteiger partial charge in [0.25, 0.3) is 5.56 Å². The number of carbonyl (C=O) groups is 1. The van der Waals surface area contributed by atoms with Crippen molar-refractivity contribution in [2.24, 2.45) is 5.92 Å². The van der Waals surface area contributed by atoms with Crippen LogP contribution in [0.15, 0.2) is 21.8 Å². The minimum atomic E-state index is -5.08. The minimum Gasteiger partial charge on any atom is -0.475 e. The maximum absolute atomic E-state index is 11.8. The fraction of sp³-hybridized carbons (Fsp3) is 0.615. The van der Waals surface area contributed by atoms with E-state index >= 15 is 0 Å². The van der Waals surface area contributed by atoms with Gasteiger partial charge in [-0.2, -0.15) is 13.2 Å². The molecule has 0 bridgehead atoms. The molecule has 0 spiro atoms. The molecule has 1 aromatic heterocycles. The number of nitrogens with one attached hydrogen (secondary N) is 1. The van der Waals surface area contributed by atoms with E-state index in [0.717, 1.165) is 19.5 Å². The molecular weight excluding hydrogens is 383 g/mol. The molecule has 2 heterocycles. The lowest BCUT2D eigenvalue weighted by atomic mass is 9.97. The Balaban J connectivity index is 0.000000322. The van der Waals surface area contributed by atoms with E-state index in [9.17, 15) is 18.0 Å². The predicted octanol–water partition coefficient (Wildman–Crippen LogP) is 2.03. The van der Waals surface area contributed by atoms with Crippen molar-refractivity contribution in [2.45, 2.75) is 38.5 Å². The Morgan fingerprint density at radius 3 is 2.57 bits per heavy atom. The Morgan fingerprint density at radius 1 is 1.57 bits per heavy atom. The molecule has 0 aliphatic carbocycles. The van der Waals surface area contributed by atoms with Crippen molar-refractivity contribution < 1.29 is 23.1 Å². The van der Waals surface area contributed by atoms with Gasteiger partial charge in [0.15, 0.2) is 0 Å². The molecule has 1 aromatic rings.